The second-order valence-corrected chi connectivity index (χ2v) is 4.43. The number of aliphatic carboxylic acids is 1. The molecule has 2 amide bonds. The van der Waals surface area contributed by atoms with Gasteiger partial charge >= 0.3 is 12.0 Å². The first-order valence-corrected chi connectivity index (χ1v) is 5.65. The van der Waals surface area contributed by atoms with Gasteiger partial charge in [0.15, 0.2) is 0 Å². The van der Waals surface area contributed by atoms with Gasteiger partial charge in [0.05, 0.1) is 0 Å². The number of urea groups is 1. The van der Waals surface area contributed by atoms with Crippen LogP contribution < -0.4 is 10.6 Å². The van der Waals surface area contributed by atoms with E-state index in [0.717, 1.165) is 6.42 Å². The molecule has 0 radical (unpaired) electrons. The van der Waals surface area contributed by atoms with Gasteiger partial charge in [-0.05, 0) is 11.8 Å². The highest BCUT2D eigenvalue weighted by Gasteiger charge is 2.23. The molecule has 1 unspecified atom stereocenters. The number of carbonyl (C=O) groups is 2. The van der Waals surface area contributed by atoms with E-state index in [1.807, 2.05) is 13.8 Å². The van der Waals surface area contributed by atoms with Crippen molar-refractivity contribution >= 4 is 12.0 Å². The van der Waals surface area contributed by atoms with Crippen molar-refractivity contribution in [1.82, 2.24) is 10.6 Å². The minimum absolute atomic E-state index is 0.133. The van der Waals surface area contributed by atoms with E-state index in [2.05, 4.69) is 10.6 Å². The molecule has 0 fully saturated rings. The smallest absolute Gasteiger partial charge is 0.326 e. The third-order valence-electron chi connectivity index (χ3n) is 2.53. The van der Waals surface area contributed by atoms with Gasteiger partial charge in [-0.2, -0.15) is 0 Å². The number of amides is 2. The first kappa shape index (κ1) is 14.7. The van der Waals surface area contributed by atoms with Crippen LogP contribution in [0.1, 0.15) is 34.1 Å². The Balaban J connectivity index is 4.06. The first-order valence-electron chi connectivity index (χ1n) is 5.65. The summed E-state index contributed by atoms with van der Waals surface area (Å²) in [6.07, 6.45) is 0.979. The molecule has 0 saturated carbocycles. The number of hydrogen-bond acceptors (Lipinski definition) is 2. The molecule has 5 heteroatoms. The lowest BCUT2D eigenvalue weighted by Crippen LogP contribution is -2.49. The molecule has 0 spiro atoms. The molecule has 0 aromatic rings. The largest absolute Gasteiger partial charge is 0.480 e. The molecular formula is C11H22N2O3. The summed E-state index contributed by atoms with van der Waals surface area (Å²) in [5, 5.41) is 14.0. The van der Waals surface area contributed by atoms with Gasteiger partial charge in [-0.3, -0.25) is 0 Å². The molecule has 5 nitrogen and oxygen atoms in total. The van der Waals surface area contributed by atoms with Gasteiger partial charge in [0.2, 0.25) is 0 Å². The van der Waals surface area contributed by atoms with Crippen molar-refractivity contribution < 1.29 is 14.7 Å². The molecule has 16 heavy (non-hydrogen) atoms. The fourth-order valence-corrected chi connectivity index (χ4v) is 1.12. The molecule has 0 heterocycles. The highest BCUT2D eigenvalue weighted by atomic mass is 16.4. The van der Waals surface area contributed by atoms with Gasteiger partial charge in [0.25, 0.3) is 0 Å². The van der Waals surface area contributed by atoms with Crippen LogP contribution in [0.25, 0.3) is 0 Å². The van der Waals surface area contributed by atoms with E-state index in [1.165, 1.54) is 0 Å². The quantitative estimate of drug-likeness (QED) is 0.646. The Morgan fingerprint density at radius 2 is 1.81 bits per heavy atom. The molecule has 0 aliphatic heterocycles. The summed E-state index contributed by atoms with van der Waals surface area (Å²) < 4.78 is 0. The molecule has 2 atom stereocenters. The summed E-state index contributed by atoms with van der Waals surface area (Å²) in [5.41, 5.74) is 0. The predicted molar refractivity (Wildman–Crippen MR) is 62.3 cm³/mol. The van der Waals surface area contributed by atoms with Crippen molar-refractivity contribution in [3.05, 3.63) is 0 Å². The van der Waals surface area contributed by atoms with Crippen molar-refractivity contribution in [2.45, 2.75) is 40.2 Å². The van der Waals surface area contributed by atoms with Gasteiger partial charge < -0.3 is 15.7 Å². The monoisotopic (exact) mass is 230 g/mol. The molecule has 3 N–H and O–H groups in total. The lowest BCUT2D eigenvalue weighted by atomic mass is 10.1. The Bertz CT molecular complexity index is 241. The van der Waals surface area contributed by atoms with Gasteiger partial charge in [0.1, 0.15) is 6.04 Å². The van der Waals surface area contributed by atoms with Crippen LogP contribution in [0.2, 0.25) is 0 Å². The Morgan fingerprint density at radius 1 is 1.25 bits per heavy atom. The van der Waals surface area contributed by atoms with E-state index in [1.54, 1.807) is 13.8 Å². The summed E-state index contributed by atoms with van der Waals surface area (Å²) in [6, 6.07) is -1.25. The van der Waals surface area contributed by atoms with E-state index in [4.69, 9.17) is 5.11 Å². The zero-order valence-electron chi connectivity index (χ0n) is 10.4. The van der Waals surface area contributed by atoms with Crippen molar-refractivity contribution in [2.75, 3.05) is 6.54 Å². The summed E-state index contributed by atoms with van der Waals surface area (Å²) in [7, 11) is 0. The minimum Gasteiger partial charge on any atom is -0.480 e. The number of nitrogens with one attached hydrogen (secondary N) is 2. The fraction of sp³-hybridized carbons (Fsp3) is 0.818. The molecule has 0 rings (SSSR count). The van der Waals surface area contributed by atoms with Gasteiger partial charge in [-0.25, -0.2) is 9.59 Å². The lowest BCUT2D eigenvalue weighted by molar-refractivity contribution is -0.140. The Morgan fingerprint density at radius 3 is 2.19 bits per heavy atom. The average Bonchev–Trinajstić information content (AvgIpc) is 2.21. The third kappa shape index (κ3) is 5.58. The second-order valence-electron chi connectivity index (χ2n) is 4.43. The van der Waals surface area contributed by atoms with Crippen LogP contribution in [-0.4, -0.2) is 29.7 Å². The maximum Gasteiger partial charge on any atom is 0.326 e. The molecule has 0 aromatic heterocycles. The van der Waals surface area contributed by atoms with Gasteiger partial charge in [-0.15, -0.1) is 0 Å². The number of hydrogen-bond donors (Lipinski definition) is 3. The summed E-state index contributed by atoms with van der Waals surface area (Å²) in [5.74, 6) is -0.742. The summed E-state index contributed by atoms with van der Waals surface area (Å²) in [6.45, 7) is 8.14. The zero-order valence-corrected chi connectivity index (χ0v) is 10.4. The van der Waals surface area contributed by atoms with E-state index >= 15 is 0 Å². The second kappa shape index (κ2) is 7.09. The van der Waals surface area contributed by atoms with Crippen LogP contribution in [0.5, 0.6) is 0 Å². The molecule has 94 valence electrons. The van der Waals surface area contributed by atoms with Crippen LogP contribution in [0, 0.1) is 11.8 Å². The van der Waals surface area contributed by atoms with Crippen molar-refractivity contribution in [3.8, 4) is 0 Å². The first-order chi connectivity index (χ1) is 7.38. The molecule has 0 aliphatic rings. The van der Waals surface area contributed by atoms with Crippen molar-refractivity contribution in [3.63, 3.8) is 0 Å². The minimum atomic E-state index is -1.01. The SMILES string of the molecule is CCC(C)CNC(=O)N[C@H](C(=O)O)C(C)C. The number of rotatable bonds is 6. The lowest BCUT2D eigenvalue weighted by Gasteiger charge is -2.19. The van der Waals surface area contributed by atoms with E-state index < -0.39 is 18.0 Å². The van der Waals surface area contributed by atoms with Crippen LogP contribution >= 0.6 is 0 Å². The molecule has 0 bridgehead atoms. The third-order valence-corrected chi connectivity index (χ3v) is 2.53. The standard InChI is InChI=1S/C11H22N2O3/c1-5-8(4)6-12-11(16)13-9(7(2)3)10(14)15/h7-9H,5-6H2,1-4H3,(H,14,15)(H2,12,13,16)/t8?,9-/m0/s1. The van der Waals surface area contributed by atoms with Gasteiger partial charge in [0, 0.05) is 6.54 Å². The highest BCUT2D eigenvalue weighted by Crippen LogP contribution is 2.01. The van der Waals surface area contributed by atoms with Crippen LogP contribution in [0.3, 0.4) is 0 Å². The van der Waals surface area contributed by atoms with Gasteiger partial charge in [-0.1, -0.05) is 34.1 Å². The number of carboxylic acid groups (broad SMARTS) is 1. The van der Waals surface area contributed by atoms with Crippen molar-refractivity contribution in [1.29, 1.82) is 0 Å². The van der Waals surface area contributed by atoms with Crippen molar-refractivity contribution in [2.24, 2.45) is 11.8 Å². The maximum absolute atomic E-state index is 11.4. The van der Waals surface area contributed by atoms with E-state index in [0.29, 0.717) is 12.5 Å². The van der Waals surface area contributed by atoms with Crippen LogP contribution in [0.4, 0.5) is 4.79 Å². The Kier molecular flexibility index (Phi) is 6.53. The summed E-state index contributed by atoms with van der Waals surface area (Å²) >= 11 is 0. The topological polar surface area (TPSA) is 78.4 Å². The van der Waals surface area contributed by atoms with E-state index in [9.17, 15) is 9.59 Å². The average molecular weight is 230 g/mol. The molecule has 0 aromatic carbocycles. The normalized spacial score (nSPS) is 14.3. The van der Waals surface area contributed by atoms with Crippen LogP contribution in [0.15, 0.2) is 0 Å². The summed E-state index contributed by atoms with van der Waals surface area (Å²) in [4.78, 5) is 22.2. The predicted octanol–water partition coefficient (Wildman–Crippen LogP) is 1.44. The Hall–Kier alpha value is -1.26. The molecular weight excluding hydrogens is 208 g/mol. The van der Waals surface area contributed by atoms with E-state index in [-0.39, 0.29) is 5.92 Å². The zero-order chi connectivity index (χ0) is 12.7. The number of carbonyl (C=O) groups excluding carboxylic acids is 1. The van der Waals surface area contributed by atoms with Crippen LogP contribution in [-0.2, 0) is 4.79 Å². The Labute approximate surface area is 96.6 Å². The molecule has 0 saturated heterocycles. The maximum atomic E-state index is 11.4. The number of carboxylic acids is 1. The highest BCUT2D eigenvalue weighted by molar-refractivity contribution is 5.82. The molecule has 0 aliphatic carbocycles. The fourth-order valence-electron chi connectivity index (χ4n) is 1.12.